The maximum Gasteiger partial charge on any atom is 0.174 e. The monoisotopic (exact) mass is 344 g/mol. The van der Waals surface area contributed by atoms with E-state index in [-0.39, 0.29) is 16.9 Å². The zero-order valence-electron chi connectivity index (χ0n) is 15.9. The first kappa shape index (κ1) is 16.5. The fraction of sp³-hybridized carbons (Fsp3) is 0.818. The molecular weight excluding hydrogens is 312 g/mol. The molecule has 3 fully saturated rings. The standard InChI is InChI=1S/C22H32O3/c1-14-6-8-20(2)15(12-14)4-5-16-17-7-9-22(24-10-11-25-22)21(17,3)13-18(23)19(16)20/h4,12,16-19,23H,5-11,13H2,1-3H3/t16?,17?,18-,19?,20-,21-/m0/s1. The lowest BCUT2D eigenvalue weighted by Crippen LogP contribution is -2.59. The molecule has 0 amide bonds. The van der Waals surface area contributed by atoms with Crippen molar-refractivity contribution >= 4 is 0 Å². The summed E-state index contributed by atoms with van der Waals surface area (Å²) in [5.74, 6) is 1.10. The van der Waals surface area contributed by atoms with Crippen LogP contribution in [-0.4, -0.2) is 30.2 Å². The van der Waals surface area contributed by atoms with Crippen molar-refractivity contribution in [1.29, 1.82) is 0 Å². The normalized spacial score (nSPS) is 50.7. The minimum atomic E-state index is -0.433. The van der Waals surface area contributed by atoms with Crippen LogP contribution in [0, 0.1) is 28.6 Å². The van der Waals surface area contributed by atoms with Crippen molar-refractivity contribution in [2.24, 2.45) is 28.6 Å². The third-order valence-electron chi connectivity index (χ3n) is 8.70. The van der Waals surface area contributed by atoms with Crippen molar-refractivity contribution < 1.29 is 14.6 Å². The van der Waals surface area contributed by atoms with Crippen molar-refractivity contribution in [2.45, 2.75) is 71.2 Å². The van der Waals surface area contributed by atoms with Gasteiger partial charge in [0.25, 0.3) is 0 Å². The van der Waals surface area contributed by atoms with E-state index in [4.69, 9.17) is 9.47 Å². The molecule has 6 atom stereocenters. The van der Waals surface area contributed by atoms with Gasteiger partial charge in [-0.05, 0) is 67.8 Å². The topological polar surface area (TPSA) is 38.7 Å². The predicted molar refractivity (Wildman–Crippen MR) is 96.9 cm³/mol. The van der Waals surface area contributed by atoms with Crippen LogP contribution >= 0.6 is 0 Å². The molecule has 5 aliphatic rings. The van der Waals surface area contributed by atoms with Gasteiger partial charge in [-0.25, -0.2) is 0 Å². The second-order valence-electron chi connectivity index (χ2n) is 9.78. The van der Waals surface area contributed by atoms with Crippen LogP contribution in [0.3, 0.4) is 0 Å². The zero-order valence-corrected chi connectivity index (χ0v) is 15.9. The number of rotatable bonds is 0. The van der Waals surface area contributed by atoms with Gasteiger partial charge in [0.05, 0.1) is 19.3 Å². The molecule has 0 aromatic rings. The summed E-state index contributed by atoms with van der Waals surface area (Å²) in [6, 6.07) is 0. The lowest BCUT2D eigenvalue weighted by atomic mass is 9.47. The average molecular weight is 344 g/mol. The van der Waals surface area contributed by atoms with Crippen LogP contribution in [0.25, 0.3) is 0 Å². The molecule has 1 aliphatic heterocycles. The van der Waals surface area contributed by atoms with E-state index >= 15 is 0 Å². The molecule has 0 radical (unpaired) electrons. The smallest absolute Gasteiger partial charge is 0.174 e. The van der Waals surface area contributed by atoms with E-state index in [1.165, 1.54) is 30.4 Å². The minimum absolute atomic E-state index is 0.0494. The van der Waals surface area contributed by atoms with E-state index in [1.54, 1.807) is 0 Å². The molecule has 1 spiro atoms. The molecule has 1 N–H and O–H groups in total. The summed E-state index contributed by atoms with van der Waals surface area (Å²) in [5.41, 5.74) is 3.06. The summed E-state index contributed by atoms with van der Waals surface area (Å²) >= 11 is 0. The number of fused-ring (bicyclic) bond motifs is 6. The van der Waals surface area contributed by atoms with Gasteiger partial charge in [-0.3, -0.25) is 0 Å². The summed E-state index contributed by atoms with van der Waals surface area (Å²) in [5, 5.41) is 11.4. The molecule has 0 bridgehead atoms. The summed E-state index contributed by atoms with van der Waals surface area (Å²) < 4.78 is 12.4. The molecule has 5 rings (SSSR count). The highest BCUT2D eigenvalue weighted by molar-refractivity contribution is 5.37. The minimum Gasteiger partial charge on any atom is -0.393 e. The Bertz CT molecular complexity index is 644. The van der Waals surface area contributed by atoms with E-state index in [1.807, 2.05) is 0 Å². The maximum absolute atomic E-state index is 11.4. The number of aliphatic hydroxyl groups excluding tert-OH is 1. The van der Waals surface area contributed by atoms with Gasteiger partial charge in [-0.2, -0.15) is 0 Å². The van der Waals surface area contributed by atoms with Gasteiger partial charge in [-0.15, -0.1) is 0 Å². The van der Waals surface area contributed by atoms with Gasteiger partial charge in [-0.1, -0.05) is 31.6 Å². The Morgan fingerprint density at radius 2 is 1.92 bits per heavy atom. The maximum atomic E-state index is 11.4. The van der Waals surface area contributed by atoms with Gasteiger partial charge in [0.15, 0.2) is 5.79 Å². The van der Waals surface area contributed by atoms with E-state index in [0.29, 0.717) is 31.0 Å². The Kier molecular flexibility index (Phi) is 3.44. The molecule has 2 saturated carbocycles. The molecular formula is C22H32O3. The second kappa shape index (κ2) is 5.21. The molecule has 0 aromatic heterocycles. The van der Waals surface area contributed by atoms with Crippen LogP contribution in [0.1, 0.15) is 59.3 Å². The quantitative estimate of drug-likeness (QED) is 0.715. The van der Waals surface area contributed by atoms with Gasteiger partial charge >= 0.3 is 0 Å². The number of aliphatic hydroxyl groups is 1. The van der Waals surface area contributed by atoms with Crippen LogP contribution < -0.4 is 0 Å². The van der Waals surface area contributed by atoms with Crippen molar-refractivity contribution in [3.8, 4) is 0 Å². The molecule has 3 heteroatoms. The lowest BCUT2D eigenvalue weighted by Gasteiger charge is -2.59. The van der Waals surface area contributed by atoms with Gasteiger partial charge in [0.1, 0.15) is 0 Å². The molecule has 1 saturated heterocycles. The van der Waals surface area contributed by atoms with Crippen LogP contribution in [0.2, 0.25) is 0 Å². The number of allylic oxidation sites excluding steroid dienone is 4. The summed E-state index contributed by atoms with van der Waals surface area (Å²) in [6.07, 6.45) is 11.1. The molecule has 4 aliphatic carbocycles. The first-order chi connectivity index (χ1) is 11.9. The Balaban J connectivity index is 1.56. The average Bonchev–Trinajstić information content (AvgIpc) is 3.15. The highest BCUT2D eigenvalue weighted by Gasteiger charge is 2.68. The fourth-order valence-electron chi connectivity index (χ4n) is 7.48. The third kappa shape index (κ3) is 1.98. The zero-order chi connectivity index (χ0) is 17.4. The van der Waals surface area contributed by atoms with Crippen LogP contribution in [0.15, 0.2) is 23.3 Å². The second-order valence-corrected chi connectivity index (χ2v) is 9.78. The van der Waals surface area contributed by atoms with Gasteiger partial charge in [0.2, 0.25) is 0 Å². The molecule has 25 heavy (non-hydrogen) atoms. The van der Waals surface area contributed by atoms with Gasteiger partial charge < -0.3 is 14.6 Å². The van der Waals surface area contributed by atoms with Gasteiger partial charge in [0, 0.05) is 11.8 Å². The summed E-state index contributed by atoms with van der Waals surface area (Å²) in [6.45, 7) is 8.41. The Hall–Kier alpha value is -0.640. The SMILES string of the molecule is CC1=CC2=CCC3C([C@@H](O)C[C@@]4(C)C3CCC43OCCO3)[C@@]2(C)CC1. The summed E-state index contributed by atoms with van der Waals surface area (Å²) in [7, 11) is 0. The Morgan fingerprint density at radius 1 is 1.16 bits per heavy atom. The van der Waals surface area contributed by atoms with Crippen molar-refractivity contribution in [3.63, 3.8) is 0 Å². The summed E-state index contributed by atoms with van der Waals surface area (Å²) in [4.78, 5) is 0. The molecule has 3 nitrogen and oxygen atoms in total. The van der Waals surface area contributed by atoms with Crippen molar-refractivity contribution in [3.05, 3.63) is 23.3 Å². The van der Waals surface area contributed by atoms with Crippen LogP contribution in [0.5, 0.6) is 0 Å². The lowest BCUT2D eigenvalue weighted by molar-refractivity contribution is -0.255. The first-order valence-corrected chi connectivity index (χ1v) is 10.2. The first-order valence-electron chi connectivity index (χ1n) is 10.2. The van der Waals surface area contributed by atoms with Crippen molar-refractivity contribution in [1.82, 2.24) is 0 Å². The molecule has 1 heterocycles. The van der Waals surface area contributed by atoms with E-state index in [9.17, 15) is 5.11 Å². The number of hydrogen-bond acceptors (Lipinski definition) is 3. The third-order valence-corrected chi connectivity index (χ3v) is 8.70. The Morgan fingerprint density at radius 3 is 2.68 bits per heavy atom. The van der Waals surface area contributed by atoms with E-state index in [2.05, 4.69) is 32.9 Å². The highest BCUT2D eigenvalue weighted by Crippen LogP contribution is 2.68. The molecule has 3 unspecified atom stereocenters. The Labute approximate surface area is 151 Å². The number of ether oxygens (including phenoxy) is 2. The highest BCUT2D eigenvalue weighted by atomic mass is 16.7. The number of hydrogen-bond donors (Lipinski definition) is 1. The van der Waals surface area contributed by atoms with E-state index < -0.39 is 5.79 Å². The molecule has 0 aromatic carbocycles. The predicted octanol–water partition coefficient (Wildman–Crippen LogP) is 4.22. The van der Waals surface area contributed by atoms with E-state index in [0.717, 1.165) is 19.3 Å². The molecule has 138 valence electrons. The fourth-order valence-corrected chi connectivity index (χ4v) is 7.48. The van der Waals surface area contributed by atoms with Crippen molar-refractivity contribution in [2.75, 3.05) is 13.2 Å². The van der Waals surface area contributed by atoms with Crippen LogP contribution in [-0.2, 0) is 9.47 Å². The van der Waals surface area contributed by atoms with Crippen LogP contribution in [0.4, 0.5) is 0 Å². The largest absolute Gasteiger partial charge is 0.393 e.